The van der Waals surface area contributed by atoms with Crippen molar-refractivity contribution in [2.45, 2.75) is 65.2 Å². The van der Waals surface area contributed by atoms with E-state index in [1.807, 2.05) is 0 Å². The molecule has 3 unspecified atom stereocenters. The second-order valence-corrected chi connectivity index (χ2v) is 6.86. The lowest BCUT2D eigenvalue weighted by Crippen LogP contribution is -2.39. The summed E-state index contributed by atoms with van der Waals surface area (Å²) in [6.07, 6.45) is 3.48. The van der Waals surface area contributed by atoms with Gasteiger partial charge in [0.15, 0.2) is 0 Å². The minimum Gasteiger partial charge on any atom is -0.319 e. The molecule has 0 radical (unpaired) electrons. The molecule has 1 fully saturated rings. The topological polar surface area (TPSA) is 32.3 Å². The highest BCUT2D eigenvalue weighted by Gasteiger charge is 2.42. The molecule has 0 spiro atoms. The number of hydrogen-bond acceptors (Lipinski definition) is 3. The summed E-state index contributed by atoms with van der Waals surface area (Å²) in [6, 6.07) is 2.37. The Kier molecular flexibility index (Phi) is 5.22. The van der Waals surface area contributed by atoms with Crippen molar-refractivity contribution in [2.24, 2.45) is 5.92 Å². The van der Waals surface area contributed by atoms with Crippen molar-refractivity contribution in [1.29, 1.82) is 0 Å². The number of thiophene rings is 1. The van der Waals surface area contributed by atoms with Crippen LogP contribution in [0.2, 0.25) is 0 Å². The molecule has 3 nitrogen and oxygen atoms in total. The van der Waals surface area contributed by atoms with E-state index in [2.05, 4.69) is 54.7 Å². The van der Waals surface area contributed by atoms with Gasteiger partial charge in [0.1, 0.15) is 6.17 Å². The Bertz CT molecular complexity index is 430. The number of unbranched alkanes of at least 4 members (excludes halogenated alkanes) is 1. The van der Waals surface area contributed by atoms with Gasteiger partial charge >= 0.3 is 0 Å². The number of amides is 1. The molecule has 0 aliphatic carbocycles. The van der Waals surface area contributed by atoms with Crippen LogP contribution in [-0.2, 0) is 4.79 Å². The predicted molar refractivity (Wildman–Crippen MR) is 84.7 cm³/mol. The Morgan fingerprint density at radius 2 is 2.15 bits per heavy atom. The van der Waals surface area contributed by atoms with Gasteiger partial charge in [-0.2, -0.15) is 11.3 Å². The summed E-state index contributed by atoms with van der Waals surface area (Å²) >= 11 is 1.69. The second-order valence-electron chi connectivity index (χ2n) is 6.08. The fourth-order valence-electron chi connectivity index (χ4n) is 2.88. The molecule has 0 aromatic carbocycles. The van der Waals surface area contributed by atoms with Gasteiger partial charge in [0, 0.05) is 6.04 Å². The van der Waals surface area contributed by atoms with Crippen molar-refractivity contribution >= 4 is 17.2 Å². The highest BCUT2D eigenvalue weighted by Crippen LogP contribution is 2.32. The van der Waals surface area contributed by atoms with Gasteiger partial charge in [0.25, 0.3) is 0 Å². The van der Waals surface area contributed by atoms with Crippen molar-refractivity contribution in [2.75, 3.05) is 0 Å². The number of nitrogens with zero attached hydrogens (tertiary/aromatic N) is 1. The highest BCUT2D eigenvalue weighted by molar-refractivity contribution is 7.07. The number of rotatable bonds is 6. The summed E-state index contributed by atoms with van der Waals surface area (Å²) < 4.78 is 0. The number of carbonyl (C=O) groups excluding carboxylic acids is 1. The molecule has 1 aliphatic heterocycles. The average molecular weight is 294 g/mol. The molecule has 1 N–H and O–H groups in total. The fourth-order valence-corrected chi connectivity index (χ4v) is 3.56. The molecule has 1 aromatic heterocycles. The van der Waals surface area contributed by atoms with Crippen LogP contribution in [0.4, 0.5) is 0 Å². The van der Waals surface area contributed by atoms with Crippen molar-refractivity contribution in [3.63, 3.8) is 0 Å². The highest BCUT2D eigenvalue weighted by atomic mass is 32.1. The quantitative estimate of drug-likeness (QED) is 0.866. The van der Waals surface area contributed by atoms with E-state index >= 15 is 0 Å². The van der Waals surface area contributed by atoms with E-state index < -0.39 is 0 Å². The molecule has 1 aromatic rings. The van der Waals surface area contributed by atoms with E-state index in [1.54, 1.807) is 11.3 Å². The van der Waals surface area contributed by atoms with Crippen LogP contribution in [0.15, 0.2) is 16.8 Å². The maximum atomic E-state index is 12.7. The predicted octanol–water partition coefficient (Wildman–Crippen LogP) is 3.78. The molecule has 0 bridgehead atoms. The van der Waals surface area contributed by atoms with Crippen LogP contribution in [0.5, 0.6) is 0 Å². The first kappa shape index (κ1) is 15.5. The van der Waals surface area contributed by atoms with Gasteiger partial charge in [-0.25, -0.2) is 0 Å². The van der Waals surface area contributed by atoms with Crippen LogP contribution in [0, 0.1) is 5.92 Å². The van der Waals surface area contributed by atoms with E-state index in [9.17, 15) is 4.79 Å². The molecule has 4 heteroatoms. The van der Waals surface area contributed by atoms with Gasteiger partial charge in [0.05, 0.1) is 6.04 Å². The lowest BCUT2D eigenvalue weighted by Gasteiger charge is -2.30. The zero-order valence-electron chi connectivity index (χ0n) is 12.9. The minimum atomic E-state index is -0.0519. The van der Waals surface area contributed by atoms with E-state index in [1.165, 1.54) is 18.4 Å². The minimum absolute atomic E-state index is 0.0491. The van der Waals surface area contributed by atoms with E-state index in [-0.39, 0.29) is 18.1 Å². The Morgan fingerprint density at radius 1 is 1.40 bits per heavy atom. The van der Waals surface area contributed by atoms with Crippen LogP contribution < -0.4 is 5.32 Å². The summed E-state index contributed by atoms with van der Waals surface area (Å²) in [5, 5.41) is 7.76. The first-order valence-electron chi connectivity index (χ1n) is 7.66. The molecule has 3 atom stereocenters. The molecule has 20 heavy (non-hydrogen) atoms. The van der Waals surface area contributed by atoms with Crippen LogP contribution in [0.25, 0.3) is 0 Å². The number of hydrogen-bond donors (Lipinski definition) is 1. The molecular weight excluding hydrogens is 268 g/mol. The SMILES string of the molecule is CCCCC(C)N1C(=O)C(C(C)C)NC1c1ccsc1. The average Bonchev–Trinajstić information content (AvgIpc) is 3.02. The zero-order valence-corrected chi connectivity index (χ0v) is 13.7. The first-order valence-corrected chi connectivity index (χ1v) is 8.60. The Balaban J connectivity index is 2.21. The summed E-state index contributed by atoms with van der Waals surface area (Å²) in [5.41, 5.74) is 1.22. The van der Waals surface area contributed by atoms with Gasteiger partial charge in [-0.3, -0.25) is 10.1 Å². The smallest absolute Gasteiger partial charge is 0.241 e. The molecule has 1 aliphatic rings. The van der Waals surface area contributed by atoms with Crippen molar-refractivity contribution < 1.29 is 4.79 Å². The van der Waals surface area contributed by atoms with Crippen LogP contribution in [0.1, 0.15) is 58.7 Å². The maximum Gasteiger partial charge on any atom is 0.241 e. The van der Waals surface area contributed by atoms with Crippen LogP contribution in [-0.4, -0.2) is 22.9 Å². The van der Waals surface area contributed by atoms with Crippen molar-refractivity contribution in [1.82, 2.24) is 10.2 Å². The standard InChI is InChI=1S/C16H26N2OS/c1-5-6-7-12(4)18-15(13-8-9-20-10-13)17-14(11(2)3)16(18)19/h8-12,14-15,17H,5-7H2,1-4H3. The Hall–Kier alpha value is -0.870. The summed E-state index contributed by atoms with van der Waals surface area (Å²) in [6.45, 7) is 8.60. The summed E-state index contributed by atoms with van der Waals surface area (Å²) in [5.74, 6) is 0.590. The fraction of sp³-hybridized carbons (Fsp3) is 0.688. The van der Waals surface area contributed by atoms with Crippen molar-refractivity contribution in [3.8, 4) is 0 Å². The first-order chi connectivity index (χ1) is 9.56. The monoisotopic (exact) mass is 294 g/mol. The molecule has 0 saturated carbocycles. The third-order valence-electron chi connectivity index (χ3n) is 4.11. The molecule has 2 rings (SSSR count). The maximum absolute atomic E-state index is 12.7. The zero-order chi connectivity index (χ0) is 14.7. The van der Waals surface area contributed by atoms with Gasteiger partial charge in [-0.15, -0.1) is 0 Å². The van der Waals surface area contributed by atoms with Crippen molar-refractivity contribution in [3.05, 3.63) is 22.4 Å². The normalized spacial score (nSPS) is 24.6. The number of nitrogens with one attached hydrogen (secondary N) is 1. The third-order valence-corrected chi connectivity index (χ3v) is 4.81. The Labute approximate surface area is 126 Å². The van der Waals surface area contributed by atoms with E-state index in [4.69, 9.17) is 0 Å². The lowest BCUT2D eigenvalue weighted by atomic mass is 10.0. The molecule has 1 saturated heterocycles. The molecule has 2 heterocycles. The van der Waals surface area contributed by atoms with E-state index in [0.717, 1.165) is 6.42 Å². The molecule has 1 amide bonds. The van der Waals surface area contributed by atoms with Gasteiger partial charge in [-0.05, 0) is 41.7 Å². The number of carbonyl (C=O) groups is 1. The molecular formula is C16H26N2OS. The van der Waals surface area contributed by atoms with E-state index in [0.29, 0.717) is 12.0 Å². The van der Waals surface area contributed by atoms with Gasteiger partial charge < -0.3 is 4.90 Å². The largest absolute Gasteiger partial charge is 0.319 e. The summed E-state index contributed by atoms with van der Waals surface area (Å²) in [4.78, 5) is 14.8. The summed E-state index contributed by atoms with van der Waals surface area (Å²) in [7, 11) is 0. The third kappa shape index (κ3) is 3.07. The lowest BCUT2D eigenvalue weighted by molar-refractivity contribution is -0.132. The second kappa shape index (κ2) is 6.72. The van der Waals surface area contributed by atoms with Gasteiger partial charge in [0.2, 0.25) is 5.91 Å². The van der Waals surface area contributed by atoms with Crippen LogP contribution in [0.3, 0.4) is 0 Å². The van der Waals surface area contributed by atoms with Crippen LogP contribution >= 0.6 is 11.3 Å². The Morgan fingerprint density at radius 3 is 2.70 bits per heavy atom. The van der Waals surface area contributed by atoms with Gasteiger partial charge in [-0.1, -0.05) is 33.6 Å². The molecule has 112 valence electrons.